The molecule has 1 unspecified atom stereocenters. The Balaban J connectivity index is 1.63. The molecule has 1 aromatic carbocycles. The van der Waals surface area contributed by atoms with E-state index in [9.17, 15) is 9.90 Å². The van der Waals surface area contributed by atoms with Crippen LogP contribution in [0.2, 0.25) is 0 Å². The highest BCUT2D eigenvalue weighted by Crippen LogP contribution is 2.29. The highest BCUT2D eigenvalue weighted by molar-refractivity contribution is 7.18. The second kappa shape index (κ2) is 5.73. The molecule has 4 nitrogen and oxygen atoms in total. The summed E-state index contributed by atoms with van der Waals surface area (Å²) in [6, 6.07) is 8.01. The number of hydrogen-bond donors (Lipinski definition) is 2. The molecule has 1 heterocycles. The van der Waals surface area contributed by atoms with Gasteiger partial charge in [0.25, 0.3) is 5.91 Å². The average Bonchev–Trinajstić information content (AvgIpc) is 3.04. The summed E-state index contributed by atoms with van der Waals surface area (Å²) >= 11 is 1.66. The number of carbonyl (C=O) groups excluding carboxylic acids is 1. The van der Waals surface area contributed by atoms with Crippen LogP contribution >= 0.6 is 11.3 Å². The minimum atomic E-state index is -1.15. The van der Waals surface area contributed by atoms with Crippen molar-refractivity contribution in [3.63, 3.8) is 0 Å². The summed E-state index contributed by atoms with van der Waals surface area (Å²) in [6.07, 6.45) is 3.70. The van der Waals surface area contributed by atoms with E-state index >= 15 is 0 Å². The van der Waals surface area contributed by atoms with E-state index < -0.39 is 5.60 Å². The summed E-state index contributed by atoms with van der Waals surface area (Å²) in [4.78, 5) is 16.7. The van der Waals surface area contributed by atoms with Crippen LogP contribution in [-0.4, -0.2) is 27.6 Å². The van der Waals surface area contributed by atoms with Gasteiger partial charge >= 0.3 is 0 Å². The van der Waals surface area contributed by atoms with Gasteiger partial charge in [0.05, 0.1) is 15.2 Å². The topological polar surface area (TPSA) is 62.2 Å². The molecule has 0 aliphatic heterocycles. The number of nitrogens with one attached hydrogen (secondary N) is 1. The summed E-state index contributed by atoms with van der Waals surface area (Å²) in [6.45, 7) is 1.96. The number of thiazole rings is 1. The lowest BCUT2D eigenvalue weighted by atomic mass is 10.0. The normalized spacial score (nSPS) is 18.8. The lowest BCUT2D eigenvalue weighted by Gasteiger charge is -2.23. The van der Waals surface area contributed by atoms with Gasteiger partial charge in [-0.15, -0.1) is 11.3 Å². The molecular formula is C16H20N2O2S. The number of fused-ring (bicyclic) bond motifs is 1. The van der Waals surface area contributed by atoms with Gasteiger partial charge < -0.3 is 10.4 Å². The van der Waals surface area contributed by atoms with Crippen molar-refractivity contribution >= 4 is 27.5 Å². The Hall–Kier alpha value is -1.46. The monoisotopic (exact) mass is 304 g/mol. The number of benzene rings is 1. The average molecular weight is 304 g/mol. The minimum absolute atomic E-state index is 0.0253. The molecule has 0 bridgehead atoms. The summed E-state index contributed by atoms with van der Waals surface area (Å²) in [5, 5.41) is 14.2. The number of carbonyl (C=O) groups is 1. The van der Waals surface area contributed by atoms with Crippen molar-refractivity contribution in [2.75, 3.05) is 0 Å². The van der Waals surface area contributed by atoms with Gasteiger partial charge in [-0.05, 0) is 44.7 Å². The van der Waals surface area contributed by atoms with Crippen molar-refractivity contribution in [2.24, 2.45) is 0 Å². The van der Waals surface area contributed by atoms with E-state index in [1.54, 1.807) is 11.3 Å². The van der Waals surface area contributed by atoms with Crippen LogP contribution in [0.5, 0.6) is 0 Å². The fraction of sp³-hybridized carbons (Fsp3) is 0.500. The van der Waals surface area contributed by atoms with Gasteiger partial charge in [0.1, 0.15) is 5.60 Å². The first-order valence-corrected chi connectivity index (χ1v) is 8.26. The molecule has 1 aliphatic rings. The highest BCUT2D eigenvalue weighted by Gasteiger charge is 2.39. The van der Waals surface area contributed by atoms with Crippen LogP contribution in [0.15, 0.2) is 24.3 Å². The van der Waals surface area contributed by atoms with Crippen LogP contribution in [-0.2, 0) is 11.2 Å². The lowest BCUT2D eigenvalue weighted by molar-refractivity contribution is -0.139. The Labute approximate surface area is 128 Å². The van der Waals surface area contributed by atoms with Gasteiger partial charge in [0, 0.05) is 12.5 Å². The Morgan fingerprint density at radius 2 is 2.14 bits per heavy atom. The number of aromatic nitrogens is 1. The van der Waals surface area contributed by atoms with Gasteiger partial charge in [-0.25, -0.2) is 4.98 Å². The molecule has 2 aromatic rings. The maximum Gasteiger partial charge on any atom is 0.252 e. The summed E-state index contributed by atoms with van der Waals surface area (Å²) < 4.78 is 1.17. The highest BCUT2D eigenvalue weighted by atomic mass is 32.1. The smallest absolute Gasteiger partial charge is 0.252 e. The Morgan fingerprint density at radius 3 is 2.86 bits per heavy atom. The van der Waals surface area contributed by atoms with Crippen molar-refractivity contribution in [1.29, 1.82) is 0 Å². The molecular weight excluding hydrogens is 284 g/mol. The fourth-order valence-electron chi connectivity index (χ4n) is 2.87. The number of amides is 1. The molecule has 21 heavy (non-hydrogen) atoms. The zero-order valence-electron chi connectivity index (χ0n) is 12.1. The van der Waals surface area contributed by atoms with Gasteiger partial charge in [-0.2, -0.15) is 0 Å². The van der Waals surface area contributed by atoms with E-state index in [0.717, 1.165) is 23.4 Å². The fourth-order valence-corrected chi connectivity index (χ4v) is 3.96. The lowest BCUT2D eigenvalue weighted by Crippen LogP contribution is -2.48. The number of hydrogen-bond acceptors (Lipinski definition) is 4. The van der Waals surface area contributed by atoms with Crippen LogP contribution in [0, 0.1) is 0 Å². The molecule has 1 aromatic heterocycles. The summed E-state index contributed by atoms with van der Waals surface area (Å²) in [5.41, 5.74) is -0.146. The molecule has 1 saturated carbocycles. The molecule has 2 N–H and O–H groups in total. The SMILES string of the molecule is CC(Cc1nc2ccccc2s1)NC(=O)C1(O)CCCC1. The largest absolute Gasteiger partial charge is 0.380 e. The first-order valence-electron chi connectivity index (χ1n) is 7.45. The van der Waals surface area contributed by atoms with Gasteiger partial charge in [0.2, 0.25) is 0 Å². The van der Waals surface area contributed by atoms with Crippen LogP contribution in [0.4, 0.5) is 0 Å². The molecule has 1 aliphatic carbocycles. The third-order valence-corrected chi connectivity index (χ3v) is 5.11. The van der Waals surface area contributed by atoms with Gasteiger partial charge in [-0.3, -0.25) is 4.79 Å². The Kier molecular flexibility index (Phi) is 3.95. The zero-order valence-corrected chi connectivity index (χ0v) is 12.9. The predicted octanol–water partition coefficient (Wildman–Crippen LogP) is 2.65. The molecule has 0 spiro atoms. The molecule has 1 amide bonds. The van der Waals surface area contributed by atoms with Crippen molar-refractivity contribution in [1.82, 2.24) is 10.3 Å². The molecule has 5 heteroatoms. The molecule has 112 valence electrons. The first-order chi connectivity index (χ1) is 10.1. The molecule has 0 radical (unpaired) electrons. The molecule has 0 saturated heterocycles. The standard InChI is InChI=1S/C16H20N2O2S/c1-11(17-15(19)16(20)8-4-5-9-16)10-14-18-12-6-2-3-7-13(12)21-14/h2-3,6-7,11,20H,4-5,8-10H2,1H3,(H,17,19). The van der Waals surface area contributed by atoms with Crippen LogP contribution in [0.25, 0.3) is 10.2 Å². The third kappa shape index (κ3) is 3.09. The van der Waals surface area contributed by atoms with Crippen LogP contribution in [0.1, 0.15) is 37.6 Å². The Bertz CT molecular complexity index is 614. The number of nitrogens with zero attached hydrogens (tertiary/aromatic N) is 1. The van der Waals surface area contributed by atoms with E-state index in [1.165, 1.54) is 4.70 Å². The molecule has 1 atom stereocenters. The number of para-hydroxylation sites is 1. The van der Waals surface area contributed by atoms with E-state index in [1.807, 2.05) is 25.1 Å². The minimum Gasteiger partial charge on any atom is -0.380 e. The maximum atomic E-state index is 12.2. The summed E-state index contributed by atoms with van der Waals surface area (Å²) in [7, 11) is 0. The first kappa shape index (κ1) is 14.5. The third-order valence-electron chi connectivity index (χ3n) is 4.05. The quantitative estimate of drug-likeness (QED) is 0.913. The van der Waals surface area contributed by atoms with Crippen molar-refractivity contribution in [3.05, 3.63) is 29.3 Å². The van der Waals surface area contributed by atoms with Gasteiger partial charge in [-0.1, -0.05) is 12.1 Å². The second-order valence-corrected chi connectivity index (χ2v) is 7.01. The van der Waals surface area contributed by atoms with E-state index in [-0.39, 0.29) is 11.9 Å². The second-order valence-electron chi connectivity index (χ2n) is 5.89. The van der Waals surface area contributed by atoms with Gasteiger partial charge in [0.15, 0.2) is 0 Å². The number of rotatable bonds is 4. The number of aliphatic hydroxyl groups is 1. The molecule has 1 fully saturated rings. The van der Waals surface area contributed by atoms with E-state index in [2.05, 4.69) is 16.4 Å². The zero-order chi connectivity index (χ0) is 14.9. The van der Waals surface area contributed by atoms with Crippen molar-refractivity contribution in [3.8, 4) is 0 Å². The molecule has 3 rings (SSSR count). The maximum absolute atomic E-state index is 12.2. The van der Waals surface area contributed by atoms with Crippen LogP contribution in [0.3, 0.4) is 0 Å². The van der Waals surface area contributed by atoms with Crippen molar-refractivity contribution in [2.45, 2.75) is 50.7 Å². The summed E-state index contributed by atoms with van der Waals surface area (Å²) in [5.74, 6) is -0.228. The van der Waals surface area contributed by atoms with E-state index in [0.29, 0.717) is 19.3 Å². The Morgan fingerprint density at radius 1 is 1.43 bits per heavy atom. The van der Waals surface area contributed by atoms with Crippen molar-refractivity contribution < 1.29 is 9.90 Å². The van der Waals surface area contributed by atoms with E-state index in [4.69, 9.17) is 0 Å². The predicted molar refractivity (Wildman–Crippen MR) is 84.3 cm³/mol. The van der Waals surface area contributed by atoms with Crippen LogP contribution < -0.4 is 5.32 Å².